The van der Waals surface area contributed by atoms with Gasteiger partial charge in [0.05, 0.1) is 6.04 Å². The van der Waals surface area contributed by atoms with Crippen molar-refractivity contribution in [3.05, 3.63) is 48.0 Å². The maximum Gasteiger partial charge on any atom is 0.573 e. The van der Waals surface area contributed by atoms with E-state index in [2.05, 4.69) is 45.5 Å². The van der Waals surface area contributed by atoms with Crippen LogP contribution in [0.1, 0.15) is 32.3 Å². The molecule has 2 aromatic rings. The smallest absolute Gasteiger partial charge is 0.473 e. The molecule has 0 spiro atoms. The Hall–Kier alpha value is -3.14. The fourth-order valence-corrected chi connectivity index (χ4v) is 4.57. The fourth-order valence-electron chi connectivity index (χ4n) is 4.57. The standard InChI is InChI=1S/C25H31F3N4O3/c1-16-20(32-14-24(2,3)15-32)7-4-8-21(16)34-22-19(6-5-13-29-22)31-23(33)30-17-9-11-18(12-10-17)35-25(26,27)28/h4,7-12,19,22,29H,5-6,13-15H2,1-3H3,(H2,30,31,33). The van der Waals surface area contributed by atoms with E-state index in [1.165, 1.54) is 12.1 Å². The first kappa shape index (κ1) is 25.0. The van der Waals surface area contributed by atoms with Crippen LogP contribution in [0.5, 0.6) is 11.5 Å². The molecule has 0 radical (unpaired) electrons. The number of hydrogen-bond acceptors (Lipinski definition) is 5. The van der Waals surface area contributed by atoms with Gasteiger partial charge in [0.25, 0.3) is 0 Å². The highest BCUT2D eigenvalue weighted by Crippen LogP contribution is 2.38. The van der Waals surface area contributed by atoms with Gasteiger partial charge in [-0.15, -0.1) is 13.2 Å². The van der Waals surface area contributed by atoms with Gasteiger partial charge in [-0.1, -0.05) is 19.9 Å². The topological polar surface area (TPSA) is 74.9 Å². The Morgan fingerprint density at radius 3 is 2.51 bits per heavy atom. The number of carbonyl (C=O) groups excluding carboxylic acids is 1. The van der Waals surface area contributed by atoms with Gasteiger partial charge in [0.2, 0.25) is 0 Å². The molecule has 4 rings (SSSR count). The van der Waals surface area contributed by atoms with Gasteiger partial charge in [-0.05, 0) is 68.1 Å². The zero-order valence-electron chi connectivity index (χ0n) is 20.0. The van der Waals surface area contributed by atoms with Crippen LogP contribution < -0.4 is 30.3 Å². The summed E-state index contributed by atoms with van der Waals surface area (Å²) in [6.07, 6.45) is -3.59. The molecule has 2 amide bonds. The van der Waals surface area contributed by atoms with E-state index < -0.39 is 18.6 Å². The third-order valence-corrected chi connectivity index (χ3v) is 6.15. The lowest BCUT2D eigenvalue weighted by Crippen LogP contribution is -2.57. The number of hydrogen-bond donors (Lipinski definition) is 3. The molecule has 3 N–H and O–H groups in total. The molecular weight excluding hydrogens is 461 g/mol. The molecule has 190 valence electrons. The largest absolute Gasteiger partial charge is 0.573 e. The number of benzene rings is 2. The second kappa shape index (κ2) is 9.85. The van der Waals surface area contributed by atoms with Gasteiger partial charge in [0.1, 0.15) is 11.5 Å². The minimum Gasteiger partial charge on any atom is -0.473 e. The zero-order valence-corrected chi connectivity index (χ0v) is 20.0. The van der Waals surface area contributed by atoms with Crippen LogP contribution in [0, 0.1) is 12.3 Å². The number of halogens is 3. The number of carbonyl (C=O) groups is 1. The van der Waals surface area contributed by atoms with E-state index in [4.69, 9.17) is 4.74 Å². The number of amides is 2. The lowest BCUT2D eigenvalue weighted by Gasteiger charge is -2.48. The van der Waals surface area contributed by atoms with E-state index in [1.54, 1.807) is 0 Å². The van der Waals surface area contributed by atoms with Crippen molar-refractivity contribution < 1.29 is 27.4 Å². The quantitative estimate of drug-likeness (QED) is 0.528. The van der Waals surface area contributed by atoms with Crippen molar-refractivity contribution in [2.24, 2.45) is 5.41 Å². The first-order valence-electron chi connectivity index (χ1n) is 11.7. The van der Waals surface area contributed by atoms with Crippen LogP contribution in [-0.2, 0) is 0 Å². The molecule has 0 bridgehead atoms. The number of nitrogens with zero attached hydrogens (tertiary/aromatic N) is 1. The van der Waals surface area contributed by atoms with Gasteiger partial charge in [0.15, 0.2) is 6.23 Å². The third kappa shape index (κ3) is 6.50. The van der Waals surface area contributed by atoms with Crippen LogP contribution in [0.4, 0.5) is 29.3 Å². The Bertz CT molecular complexity index is 1040. The maximum atomic E-state index is 12.6. The molecular formula is C25H31F3N4O3. The Labute approximate surface area is 203 Å². The van der Waals surface area contributed by atoms with E-state index in [9.17, 15) is 18.0 Å². The molecule has 2 atom stereocenters. The number of nitrogens with one attached hydrogen (secondary N) is 3. The summed E-state index contributed by atoms with van der Waals surface area (Å²) in [6, 6.07) is 10.2. The maximum absolute atomic E-state index is 12.6. The second-order valence-corrected chi connectivity index (χ2v) is 9.83. The third-order valence-electron chi connectivity index (χ3n) is 6.15. The molecule has 10 heteroatoms. The minimum absolute atomic E-state index is 0.289. The van der Waals surface area contributed by atoms with Gasteiger partial charge < -0.3 is 25.0 Å². The summed E-state index contributed by atoms with van der Waals surface area (Å²) in [4.78, 5) is 14.9. The molecule has 2 heterocycles. The summed E-state index contributed by atoms with van der Waals surface area (Å²) in [5, 5.41) is 8.90. The molecule has 0 aromatic heterocycles. The van der Waals surface area contributed by atoms with Crippen LogP contribution >= 0.6 is 0 Å². The Morgan fingerprint density at radius 2 is 1.86 bits per heavy atom. The van der Waals surface area contributed by atoms with Crippen LogP contribution in [-0.4, -0.2) is 44.3 Å². The van der Waals surface area contributed by atoms with Crippen molar-refractivity contribution in [1.82, 2.24) is 10.6 Å². The molecule has 2 unspecified atom stereocenters. The van der Waals surface area contributed by atoms with Crippen molar-refractivity contribution in [2.75, 3.05) is 29.9 Å². The van der Waals surface area contributed by atoms with Gasteiger partial charge in [-0.25, -0.2) is 4.79 Å². The molecule has 2 fully saturated rings. The molecule has 35 heavy (non-hydrogen) atoms. The van der Waals surface area contributed by atoms with Crippen LogP contribution in [0.15, 0.2) is 42.5 Å². The molecule has 2 aromatic carbocycles. The van der Waals surface area contributed by atoms with Crippen molar-refractivity contribution in [3.63, 3.8) is 0 Å². The predicted molar refractivity (Wildman–Crippen MR) is 128 cm³/mol. The highest BCUT2D eigenvalue weighted by molar-refractivity contribution is 5.89. The SMILES string of the molecule is Cc1c(OC2NCCCC2NC(=O)Nc2ccc(OC(F)(F)F)cc2)cccc1N1CC(C)(C)C1. The summed E-state index contributed by atoms with van der Waals surface area (Å²) in [7, 11) is 0. The Morgan fingerprint density at radius 1 is 1.14 bits per heavy atom. The van der Waals surface area contributed by atoms with E-state index >= 15 is 0 Å². The lowest BCUT2D eigenvalue weighted by atomic mass is 9.83. The van der Waals surface area contributed by atoms with E-state index in [-0.39, 0.29) is 11.8 Å². The number of alkyl halides is 3. The van der Waals surface area contributed by atoms with Crippen molar-refractivity contribution in [1.29, 1.82) is 0 Å². The van der Waals surface area contributed by atoms with Crippen molar-refractivity contribution >= 4 is 17.4 Å². The molecule has 2 saturated heterocycles. The fraction of sp³-hybridized carbons (Fsp3) is 0.480. The first-order valence-corrected chi connectivity index (χ1v) is 11.7. The van der Waals surface area contributed by atoms with Gasteiger partial charge in [-0.3, -0.25) is 5.32 Å². The average Bonchev–Trinajstić information content (AvgIpc) is 2.75. The molecule has 2 aliphatic rings. The lowest BCUT2D eigenvalue weighted by molar-refractivity contribution is -0.274. The predicted octanol–water partition coefficient (Wildman–Crippen LogP) is 5.02. The normalized spacial score (nSPS) is 21.6. The van der Waals surface area contributed by atoms with Crippen molar-refractivity contribution in [3.8, 4) is 11.5 Å². The Kier molecular flexibility index (Phi) is 7.02. The van der Waals surface area contributed by atoms with Crippen LogP contribution in [0.3, 0.4) is 0 Å². The minimum atomic E-state index is -4.76. The summed E-state index contributed by atoms with van der Waals surface area (Å²) < 4.78 is 47.1. The highest BCUT2D eigenvalue weighted by atomic mass is 19.4. The Balaban J connectivity index is 1.36. The summed E-state index contributed by atoms with van der Waals surface area (Å²) in [5.74, 6) is 0.409. The summed E-state index contributed by atoms with van der Waals surface area (Å²) in [6.45, 7) is 9.29. The number of ether oxygens (including phenoxy) is 2. The van der Waals surface area contributed by atoms with Gasteiger partial charge in [0, 0.05) is 30.0 Å². The van der Waals surface area contributed by atoms with E-state index in [0.717, 1.165) is 61.6 Å². The first-order chi connectivity index (χ1) is 16.5. The zero-order chi connectivity index (χ0) is 25.2. The molecule has 7 nitrogen and oxygen atoms in total. The highest BCUT2D eigenvalue weighted by Gasteiger charge is 2.35. The summed E-state index contributed by atoms with van der Waals surface area (Å²) in [5.41, 5.74) is 2.86. The molecule has 0 saturated carbocycles. The second-order valence-electron chi connectivity index (χ2n) is 9.83. The van der Waals surface area contributed by atoms with Crippen molar-refractivity contribution in [2.45, 2.75) is 52.2 Å². The van der Waals surface area contributed by atoms with Crippen LogP contribution in [0.25, 0.3) is 0 Å². The molecule has 0 aliphatic carbocycles. The number of rotatable bonds is 6. The van der Waals surface area contributed by atoms with Gasteiger partial charge in [-0.2, -0.15) is 0 Å². The summed E-state index contributed by atoms with van der Waals surface area (Å²) >= 11 is 0. The van der Waals surface area contributed by atoms with E-state index in [0.29, 0.717) is 11.1 Å². The number of urea groups is 1. The monoisotopic (exact) mass is 492 g/mol. The van der Waals surface area contributed by atoms with Crippen LogP contribution in [0.2, 0.25) is 0 Å². The molecule has 2 aliphatic heterocycles. The van der Waals surface area contributed by atoms with Gasteiger partial charge >= 0.3 is 12.4 Å². The number of anilines is 2. The average molecular weight is 493 g/mol. The van der Waals surface area contributed by atoms with E-state index in [1.807, 2.05) is 19.1 Å². The number of piperidine rings is 1.